The van der Waals surface area contributed by atoms with Crippen molar-refractivity contribution in [2.45, 2.75) is 31.8 Å². The Morgan fingerprint density at radius 3 is 2.94 bits per heavy atom. The predicted octanol–water partition coefficient (Wildman–Crippen LogP) is -0.181. The number of amides is 2. The third-order valence-corrected chi connectivity index (χ3v) is 4.70. The van der Waals surface area contributed by atoms with E-state index in [4.69, 9.17) is 0 Å². The summed E-state index contributed by atoms with van der Waals surface area (Å²) in [5.41, 5.74) is -0.725. The molecule has 2 rings (SSSR count). The van der Waals surface area contributed by atoms with Gasteiger partial charge in [-0.2, -0.15) is 11.8 Å². The van der Waals surface area contributed by atoms with Gasteiger partial charge in [-0.3, -0.25) is 9.59 Å². The van der Waals surface area contributed by atoms with E-state index in [1.54, 1.807) is 4.90 Å². The molecule has 0 aromatic heterocycles. The van der Waals surface area contributed by atoms with Crippen molar-refractivity contribution in [1.29, 1.82) is 0 Å². The van der Waals surface area contributed by atoms with Gasteiger partial charge in [0.1, 0.15) is 5.54 Å². The van der Waals surface area contributed by atoms with E-state index < -0.39 is 5.54 Å². The molecule has 1 atom stereocenters. The third-order valence-electron chi connectivity index (χ3n) is 3.57. The Kier molecular flexibility index (Phi) is 4.17. The standard InChI is InChI=1S/C12H21N3O2S/c1-12(2)11(17)14-3-5-15(12)10(16)7-9-8-18-6-4-13-9/h9,13H,3-8H2,1-2H3,(H,14,17). The minimum atomic E-state index is -0.725. The Labute approximate surface area is 112 Å². The highest BCUT2D eigenvalue weighted by Crippen LogP contribution is 2.20. The lowest BCUT2D eigenvalue weighted by molar-refractivity contribution is -0.149. The van der Waals surface area contributed by atoms with Crippen LogP contribution in [0.4, 0.5) is 0 Å². The summed E-state index contributed by atoms with van der Waals surface area (Å²) in [6, 6.07) is 0.247. The van der Waals surface area contributed by atoms with Gasteiger partial charge < -0.3 is 15.5 Å². The number of hydrogen-bond donors (Lipinski definition) is 2. The van der Waals surface area contributed by atoms with E-state index >= 15 is 0 Å². The zero-order valence-electron chi connectivity index (χ0n) is 11.0. The highest BCUT2D eigenvalue weighted by molar-refractivity contribution is 7.99. The predicted molar refractivity (Wildman–Crippen MR) is 72.5 cm³/mol. The highest BCUT2D eigenvalue weighted by Gasteiger charge is 2.40. The lowest BCUT2D eigenvalue weighted by Crippen LogP contribution is -2.64. The maximum atomic E-state index is 12.3. The largest absolute Gasteiger partial charge is 0.352 e. The fourth-order valence-corrected chi connectivity index (χ4v) is 3.36. The van der Waals surface area contributed by atoms with E-state index in [1.807, 2.05) is 25.6 Å². The highest BCUT2D eigenvalue weighted by atomic mass is 32.2. The number of piperazine rings is 1. The van der Waals surface area contributed by atoms with Crippen molar-refractivity contribution >= 4 is 23.6 Å². The average molecular weight is 271 g/mol. The number of carbonyl (C=O) groups excluding carboxylic acids is 2. The van der Waals surface area contributed by atoms with Gasteiger partial charge in [0.2, 0.25) is 11.8 Å². The smallest absolute Gasteiger partial charge is 0.245 e. The van der Waals surface area contributed by atoms with Crippen molar-refractivity contribution < 1.29 is 9.59 Å². The Morgan fingerprint density at radius 2 is 2.28 bits per heavy atom. The molecule has 0 aromatic rings. The molecular formula is C12H21N3O2S. The number of nitrogens with one attached hydrogen (secondary N) is 2. The molecule has 0 aliphatic carbocycles. The lowest BCUT2D eigenvalue weighted by atomic mass is 9.98. The summed E-state index contributed by atoms with van der Waals surface area (Å²) in [5.74, 6) is 2.11. The first-order chi connectivity index (χ1) is 8.51. The van der Waals surface area contributed by atoms with Crippen LogP contribution in [0.3, 0.4) is 0 Å². The first-order valence-corrected chi connectivity index (χ1v) is 7.57. The molecule has 2 saturated heterocycles. The zero-order valence-corrected chi connectivity index (χ0v) is 11.8. The Balaban J connectivity index is 1.96. The second-order valence-corrected chi connectivity index (χ2v) is 6.44. The quantitative estimate of drug-likeness (QED) is 0.731. The van der Waals surface area contributed by atoms with Gasteiger partial charge in [-0.05, 0) is 13.8 Å². The van der Waals surface area contributed by atoms with Crippen molar-refractivity contribution in [3.05, 3.63) is 0 Å². The summed E-state index contributed by atoms with van der Waals surface area (Å²) in [6.45, 7) is 5.75. The molecule has 2 N–H and O–H groups in total. The van der Waals surface area contributed by atoms with Gasteiger partial charge in [-0.15, -0.1) is 0 Å². The van der Waals surface area contributed by atoms with Gasteiger partial charge in [0.25, 0.3) is 0 Å². The summed E-state index contributed by atoms with van der Waals surface area (Å²) >= 11 is 1.88. The summed E-state index contributed by atoms with van der Waals surface area (Å²) in [6.07, 6.45) is 0.490. The van der Waals surface area contributed by atoms with Crippen molar-refractivity contribution in [2.24, 2.45) is 0 Å². The molecular weight excluding hydrogens is 250 g/mol. The van der Waals surface area contributed by atoms with Crippen LogP contribution in [0, 0.1) is 0 Å². The number of thioether (sulfide) groups is 1. The van der Waals surface area contributed by atoms with Crippen LogP contribution in [0.5, 0.6) is 0 Å². The summed E-state index contributed by atoms with van der Waals surface area (Å²) in [4.78, 5) is 25.8. The van der Waals surface area contributed by atoms with Gasteiger partial charge >= 0.3 is 0 Å². The summed E-state index contributed by atoms with van der Waals surface area (Å²) in [7, 11) is 0. The van der Waals surface area contributed by atoms with Crippen LogP contribution in [0.25, 0.3) is 0 Å². The maximum Gasteiger partial charge on any atom is 0.245 e. The van der Waals surface area contributed by atoms with Gasteiger partial charge in [0.05, 0.1) is 0 Å². The van der Waals surface area contributed by atoms with E-state index in [0.29, 0.717) is 19.5 Å². The van der Waals surface area contributed by atoms with E-state index in [2.05, 4.69) is 10.6 Å². The van der Waals surface area contributed by atoms with E-state index in [9.17, 15) is 9.59 Å². The van der Waals surface area contributed by atoms with Crippen LogP contribution in [0.2, 0.25) is 0 Å². The minimum Gasteiger partial charge on any atom is -0.352 e. The molecule has 0 bridgehead atoms. The Bertz CT molecular complexity index is 340. The molecule has 0 spiro atoms. The molecule has 6 heteroatoms. The fraction of sp³-hybridized carbons (Fsp3) is 0.833. The molecule has 0 radical (unpaired) electrons. The number of hydrogen-bond acceptors (Lipinski definition) is 4. The molecule has 2 fully saturated rings. The molecule has 5 nitrogen and oxygen atoms in total. The monoisotopic (exact) mass is 271 g/mol. The summed E-state index contributed by atoms with van der Waals surface area (Å²) < 4.78 is 0. The van der Waals surface area contributed by atoms with Crippen LogP contribution in [0.1, 0.15) is 20.3 Å². The normalized spacial score (nSPS) is 27.8. The van der Waals surface area contributed by atoms with Crippen molar-refractivity contribution in [1.82, 2.24) is 15.5 Å². The molecule has 18 heavy (non-hydrogen) atoms. The third kappa shape index (κ3) is 2.80. The second kappa shape index (κ2) is 5.48. The fourth-order valence-electron chi connectivity index (χ4n) is 2.41. The van der Waals surface area contributed by atoms with E-state index in [0.717, 1.165) is 18.1 Å². The van der Waals surface area contributed by atoms with Crippen LogP contribution in [-0.4, -0.2) is 59.4 Å². The first kappa shape index (κ1) is 13.7. The number of carbonyl (C=O) groups is 2. The summed E-state index contributed by atoms with van der Waals surface area (Å²) in [5, 5.41) is 6.17. The number of nitrogens with zero attached hydrogens (tertiary/aromatic N) is 1. The van der Waals surface area contributed by atoms with Gasteiger partial charge in [0.15, 0.2) is 0 Å². The lowest BCUT2D eigenvalue weighted by Gasteiger charge is -2.42. The molecule has 2 aliphatic rings. The van der Waals surface area contributed by atoms with Gasteiger partial charge in [-0.1, -0.05) is 0 Å². The zero-order chi connectivity index (χ0) is 13.2. The molecule has 2 amide bonds. The van der Waals surface area contributed by atoms with Crippen LogP contribution >= 0.6 is 11.8 Å². The number of rotatable bonds is 2. The molecule has 0 saturated carbocycles. The first-order valence-electron chi connectivity index (χ1n) is 6.41. The van der Waals surface area contributed by atoms with E-state index in [1.165, 1.54) is 0 Å². The SMILES string of the molecule is CC1(C)C(=O)NCCN1C(=O)CC1CSCCN1. The molecule has 0 aromatic carbocycles. The van der Waals surface area contributed by atoms with Crippen molar-refractivity contribution in [3.8, 4) is 0 Å². The maximum absolute atomic E-state index is 12.3. The van der Waals surface area contributed by atoms with E-state index in [-0.39, 0.29) is 17.9 Å². The van der Waals surface area contributed by atoms with Crippen LogP contribution in [-0.2, 0) is 9.59 Å². The molecule has 102 valence electrons. The molecule has 1 unspecified atom stereocenters. The average Bonchev–Trinajstić information content (AvgIpc) is 2.33. The Hall–Kier alpha value is -0.750. The molecule has 2 heterocycles. The minimum absolute atomic E-state index is 0.0620. The topological polar surface area (TPSA) is 61.4 Å². The van der Waals surface area contributed by atoms with Gasteiger partial charge in [-0.25, -0.2) is 0 Å². The van der Waals surface area contributed by atoms with Crippen LogP contribution < -0.4 is 10.6 Å². The molecule has 2 aliphatic heterocycles. The van der Waals surface area contributed by atoms with Crippen LogP contribution in [0.15, 0.2) is 0 Å². The van der Waals surface area contributed by atoms with Gasteiger partial charge in [0, 0.05) is 43.6 Å². The van der Waals surface area contributed by atoms with Crippen molar-refractivity contribution in [2.75, 3.05) is 31.1 Å². The van der Waals surface area contributed by atoms with Crippen molar-refractivity contribution in [3.63, 3.8) is 0 Å². The second-order valence-electron chi connectivity index (χ2n) is 5.29. The Morgan fingerprint density at radius 1 is 1.50 bits per heavy atom.